The Morgan fingerprint density at radius 2 is 1.90 bits per heavy atom. The van der Waals surface area contributed by atoms with E-state index in [1.165, 1.54) is 0 Å². The van der Waals surface area contributed by atoms with Gasteiger partial charge in [0.2, 0.25) is 0 Å². The van der Waals surface area contributed by atoms with Crippen LogP contribution in [0, 0.1) is 0 Å². The second-order valence-electron chi connectivity index (χ2n) is 9.97. The molecule has 0 radical (unpaired) electrons. The van der Waals surface area contributed by atoms with Gasteiger partial charge in [-0.1, -0.05) is 18.2 Å². The van der Waals surface area contributed by atoms with Gasteiger partial charge in [-0.25, -0.2) is 8.51 Å². The molecule has 3 aromatic rings. The highest BCUT2D eigenvalue weighted by Gasteiger charge is 2.28. The Morgan fingerprint density at radius 1 is 1.12 bits per heavy atom. The van der Waals surface area contributed by atoms with E-state index in [1.807, 2.05) is 34.6 Å². The van der Waals surface area contributed by atoms with Crippen LogP contribution >= 0.6 is 0 Å². The number of hydrogen-bond acceptors (Lipinski definition) is 7. The van der Waals surface area contributed by atoms with Crippen molar-refractivity contribution in [3.8, 4) is 11.5 Å². The van der Waals surface area contributed by atoms with Crippen LogP contribution in [0.4, 0.5) is 0 Å². The molecule has 2 aliphatic rings. The summed E-state index contributed by atoms with van der Waals surface area (Å²) in [6.07, 6.45) is 5.53. The van der Waals surface area contributed by atoms with Crippen molar-refractivity contribution in [3.05, 3.63) is 70.8 Å². The average Bonchev–Trinajstić information content (AvgIpc) is 3.75. The van der Waals surface area contributed by atoms with Crippen LogP contribution in [0.5, 0.6) is 11.5 Å². The van der Waals surface area contributed by atoms with E-state index in [9.17, 15) is 13.8 Å². The van der Waals surface area contributed by atoms with Crippen LogP contribution in [0.15, 0.2) is 42.6 Å². The number of para-hydroxylation sites is 1. The normalized spacial score (nSPS) is 16.4. The van der Waals surface area contributed by atoms with Crippen molar-refractivity contribution in [1.82, 2.24) is 29.3 Å². The zero-order valence-electron chi connectivity index (χ0n) is 23.0. The SMILES string of the molecule is COc1c(CNC(=O)c2cc(C3CC3)nn2C)cccc1OCc1ccc(C(=O)N2CCN(S(C)=O)CC2)nc1. The molecule has 212 valence electrons. The molecule has 1 atom stereocenters. The van der Waals surface area contributed by atoms with E-state index in [0.29, 0.717) is 55.0 Å². The second kappa shape index (κ2) is 12.2. The van der Waals surface area contributed by atoms with Crippen LogP contribution in [0.3, 0.4) is 0 Å². The summed E-state index contributed by atoms with van der Waals surface area (Å²) >= 11 is 0. The largest absolute Gasteiger partial charge is 0.493 e. The Kier molecular flexibility index (Phi) is 8.46. The number of benzene rings is 1. The van der Waals surface area contributed by atoms with Gasteiger partial charge in [-0.3, -0.25) is 19.3 Å². The molecule has 1 unspecified atom stereocenters. The van der Waals surface area contributed by atoms with E-state index < -0.39 is 11.0 Å². The molecular formula is C28H34N6O5S. The van der Waals surface area contributed by atoms with Crippen molar-refractivity contribution < 1.29 is 23.3 Å². The van der Waals surface area contributed by atoms with Gasteiger partial charge in [-0.05, 0) is 31.0 Å². The molecule has 5 rings (SSSR count). The number of amides is 2. The van der Waals surface area contributed by atoms with Crippen LogP contribution < -0.4 is 14.8 Å². The number of piperazine rings is 1. The van der Waals surface area contributed by atoms with Gasteiger partial charge in [0.25, 0.3) is 11.8 Å². The standard InChI is InChI=1S/C28H34N6O5S/c1-32-24(15-23(31-32)20-8-9-20)27(35)30-17-21-5-4-6-25(26(21)38-2)39-18-19-7-10-22(29-16-19)28(36)33-11-13-34(14-12-33)40(3)37/h4-7,10,15-16,20H,8-9,11-14,17-18H2,1-3H3,(H,30,35). The van der Waals surface area contributed by atoms with Crippen molar-refractivity contribution in [2.24, 2.45) is 7.05 Å². The smallest absolute Gasteiger partial charge is 0.272 e. The fourth-order valence-corrected chi connectivity index (χ4v) is 5.38. The van der Waals surface area contributed by atoms with Crippen molar-refractivity contribution in [3.63, 3.8) is 0 Å². The number of methoxy groups -OCH3 is 1. The third kappa shape index (κ3) is 6.34. The summed E-state index contributed by atoms with van der Waals surface area (Å²) in [6, 6.07) is 10.9. The lowest BCUT2D eigenvalue weighted by molar-refractivity contribution is 0.0695. The molecule has 11 nitrogen and oxygen atoms in total. The van der Waals surface area contributed by atoms with E-state index >= 15 is 0 Å². The second-order valence-corrected chi connectivity index (χ2v) is 11.3. The summed E-state index contributed by atoms with van der Waals surface area (Å²) < 4.78 is 26.8. The molecule has 12 heteroatoms. The predicted octanol–water partition coefficient (Wildman–Crippen LogP) is 2.26. The molecule has 1 saturated heterocycles. The number of pyridine rings is 1. The zero-order chi connectivity index (χ0) is 28.2. The monoisotopic (exact) mass is 566 g/mol. The number of rotatable bonds is 10. The van der Waals surface area contributed by atoms with E-state index in [1.54, 1.807) is 42.3 Å². The first kappa shape index (κ1) is 27.8. The number of nitrogens with one attached hydrogen (secondary N) is 1. The quantitative estimate of drug-likeness (QED) is 0.400. The number of carbonyl (C=O) groups is 2. The summed E-state index contributed by atoms with van der Waals surface area (Å²) in [5.74, 6) is 1.22. The minimum Gasteiger partial charge on any atom is -0.493 e. The van der Waals surface area contributed by atoms with Gasteiger partial charge < -0.3 is 19.7 Å². The molecule has 1 N–H and O–H groups in total. The zero-order valence-corrected chi connectivity index (χ0v) is 23.8. The Hall–Kier alpha value is -3.77. The molecule has 1 saturated carbocycles. The van der Waals surface area contributed by atoms with Crippen LogP contribution in [0.1, 0.15) is 56.6 Å². The Morgan fingerprint density at radius 3 is 2.55 bits per heavy atom. The highest BCUT2D eigenvalue weighted by atomic mass is 32.2. The van der Waals surface area contributed by atoms with E-state index in [2.05, 4.69) is 15.4 Å². The Balaban J connectivity index is 1.17. The first-order chi connectivity index (χ1) is 19.3. The third-order valence-electron chi connectivity index (χ3n) is 7.16. The highest BCUT2D eigenvalue weighted by Crippen LogP contribution is 2.39. The van der Waals surface area contributed by atoms with Crippen molar-refractivity contribution in [1.29, 1.82) is 0 Å². The van der Waals surface area contributed by atoms with Gasteiger partial charge in [0, 0.05) is 69.3 Å². The molecule has 1 aromatic carbocycles. The fraction of sp³-hybridized carbons (Fsp3) is 0.429. The van der Waals surface area contributed by atoms with E-state index in [4.69, 9.17) is 9.47 Å². The van der Waals surface area contributed by atoms with Gasteiger partial charge in [-0.15, -0.1) is 0 Å². The Bertz CT molecular complexity index is 1400. The van der Waals surface area contributed by atoms with Gasteiger partial charge >= 0.3 is 0 Å². The molecule has 0 spiro atoms. The van der Waals surface area contributed by atoms with Crippen molar-refractivity contribution >= 4 is 22.8 Å². The molecule has 2 fully saturated rings. The summed E-state index contributed by atoms with van der Waals surface area (Å²) in [4.78, 5) is 31.7. The molecule has 2 amide bonds. The first-order valence-electron chi connectivity index (χ1n) is 13.3. The average molecular weight is 567 g/mol. The maximum absolute atomic E-state index is 12.8. The third-order valence-corrected chi connectivity index (χ3v) is 8.25. The van der Waals surface area contributed by atoms with Gasteiger partial charge in [0.1, 0.15) is 18.0 Å². The van der Waals surface area contributed by atoms with Crippen LogP contribution in [0.2, 0.25) is 0 Å². The minimum atomic E-state index is -1.03. The van der Waals surface area contributed by atoms with Crippen LogP contribution in [0.25, 0.3) is 0 Å². The van der Waals surface area contributed by atoms with Crippen molar-refractivity contribution in [2.75, 3.05) is 39.5 Å². The molecule has 0 bridgehead atoms. The van der Waals surface area contributed by atoms with E-state index in [-0.39, 0.29) is 25.0 Å². The summed E-state index contributed by atoms with van der Waals surface area (Å²) in [5, 5.41) is 7.43. The molecular weight excluding hydrogens is 532 g/mol. The summed E-state index contributed by atoms with van der Waals surface area (Å²) in [6.45, 7) is 2.69. The topological polar surface area (TPSA) is 119 Å². The van der Waals surface area contributed by atoms with Gasteiger partial charge in [0.15, 0.2) is 11.5 Å². The fourth-order valence-electron chi connectivity index (χ4n) is 4.70. The number of aromatic nitrogens is 3. The highest BCUT2D eigenvalue weighted by molar-refractivity contribution is 7.81. The lowest BCUT2D eigenvalue weighted by atomic mass is 10.1. The molecule has 40 heavy (non-hydrogen) atoms. The van der Waals surface area contributed by atoms with Crippen LogP contribution in [-0.2, 0) is 31.2 Å². The Labute approximate surface area is 236 Å². The summed E-state index contributed by atoms with van der Waals surface area (Å²) in [5.41, 5.74) is 3.45. The van der Waals surface area contributed by atoms with E-state index in [0.717, 1.165) is 29.7 Å². The summed E-state index contributed by atoms with van der Waals surface area (Å²) in [7, 11) is 2.32. The molecule has 3 heterocycles. The lowest BCUT2D eigenvalue weighted by Gasteiger charge is -2.32. The maximum atomic E-state index is 12.8. The molecule has 2 aromatic heterocycles. The van der Waals surface area contributed by atoms with Crippen LogP contribution in [-0.4, -0.2) is 79.5 Å². The minimum absolute atomic E-state index is 0.139. The number of nitrogens with zero attached hydrogens (tertiary/aromatic N) is 5. The van der Waals surface area contributed by atoms with Gasteiger partial charge in [0.05, 0.1) is 23.8 Å². The van der Waals surface area contributed by atoms with Crippen molar-refractivity contribution in [2.45, 2.75) is 31.9 Å². The number of ether oxygens (including phenoxy) is 2. The first-order valence-corrected chi connectivity index (χ1v) is 14.8. The molecule has 1 aliphatic heterocycles. The number of aryl methyl sites for hydroxylation is 1. The number of carbonyl (C=O) groups excluding carboxylic acids is 2. The van der Waals surface area contributed by atoms with Gasteiger partial charge in [-0.2, -0.15) is 5.10 Å². The maximum Gasteiger partial charge on any atom is 0.272 e. The molecule has 1 aliphatic carbocycles. The number of hydrogen-bond donors (Lipinski definition) is 1. The lowest BCUT2D eigenvalue weighted by Crippen LogP contribution is -2.49. The predicted molar refractivity (Wildman–Crippen MR) is 149 cm³/mol.